The molecule has 18 heavy (non-hydrogen) atoms. The fraction of sp³-hybridized carbons (Fsp3) is 0.417. The van der Waals surface area contributed by atoms with E-state index in [0.29, 0.717) is 17.9 Å². The fourth-order valence-corrected chi connectivity index (χ4v) is 2.99. The Morgan fingerprint density at radius 1 is 1.39 bits per heavy atom. The molecule has 1 aromatic rings. The van der Waals surface area contributed by atoms with Crippen LogP contribution in [0.2, 0.25) is 0 Å². The molecule has 5 nitrogen and oxygen atoms in total. The molecule has 0 aliphatic carbocycles. The van der Waals surface area contributed by atoms with Gasteiger partial charge in [0.25, 0.3) is 10.0 Å². The number of nitrogens with one attached hydrogen (secondary N) is 1. The number of nitrogens with two attached hydrogens (primary N) is 1. The van der Waals surface area contributed by atoms with Crippen LogP contribution in [0.3, 0.4) is 0 Å². The first kappa shape index (κ1) is 13.0. The van der Waals surface area contributed by atoms with Gasteiger partial charge in [-0.05, 0) is 25.5 Å². The first-order valence-corrected chi connectivity index (χ1v) is 7.32. The van der Waals surface area contributed by atoms with E-state index in [1.165, 1.54) is 0 Å². The second kappa shape index (κ2) is 4.37. The van der Waals surface area contributed by atoms with Gasteiger partial charge in [0.2, 0.25) is 0 Å². The van der Waals surface area contributed by atoms with Gasteiger partial charge < -0.3 is 5.73 Å². The third-order valence-corrected chi connectivity index (χ3v) is 4.64. The Labute approximate surface area is 107 Å². The Hall–Kier alpha value is -1.40. The third-order valence-electron chi connectivity index (χ3n) is 3.25. The van der Waals surface area contributed by atoms with Gasteiger partial charge in [0.1, 0.15) is 5.84 Å². The molecule has 0 amide bonds. The summed E-state index contributed by atoms with van der Waals surface area (Å²) < 4.78 is 26.3. The molecular formula is C12H17N3O2S. The predicted octanol–water partition coefficient (Wildman–Crippen LogP) is 0.852. The second-order valence-corrected chi connectivity index (χ2v) is 6.27. The molecule has 0 bridgehead atoms. The number of hydrogen-bond acceptors (Lipinski definition) is 4. The zero-order chi connectivity index (χ0) is 13.4. The van der Waals surface area contributed by atoms with Gasteiger partial charge in [-0.25, -0.2) is 8.42 Å². The minimum absolute atomic E-state index is 0.277. The summed E-state index contributed by atoms with van der Waals surface area (Å²) in [5.41, 5.74) is 5.87. The maximum absolute atomic E-state index is 11.9. The van der Waals surface area contributed by atoms with Gasteiger partial charge in [0, 0.05) is 12.1 Å². The molecular weight excluding hydrogens is 250 g/mol. The van der Waals surface area contributed by atoms with E-state index in [1.807, 2.05) is 13.8 Å². The molecule has 98 valence electrons. The summed E-state index contributed by atoms with van der Waals surface area (Å²) in [7, 11) is -3.47. The first-order valence-electron chi connectivity index (χ1n) is 5.84. The minimum atomic E-state index is -3.47. The van der Waals surface area contributed by atoms with Crippen LogP contribution in [-0.2, 0) is 10.0 Å². The van der Waals surface area contributed by atoms with Crippen molar-refractivity contribution in [3.63, 3.8) is 0 Å². The van der Waals surface area contributed by atoms with Crippen molar-refractivity contribution in [2.24, 2.45) is 10.7 Å². The number of nitrogens with zero attached hydrogens (tertiary/aromatic N) is 1. The molecule has 2 rings (SSSR count). The molecule has 1 aromatic carbocycles. The number of amidine groups is 1. The molecule has 6 heteroatoms. The van der Waals surface area contributed by atoms with E-state index in [-0.39, 0.29) is 4.90 Å². The van der Waals surface area contributed by atoms with E-state index in [1.54, 1.807) is 24.3 Å². The molecule has 3 N–H and O–H groups in total. The van der Waals surface area contributed by atoms with Gasteiger partial charge in [-0.2, -0.15) is 0 Å². The maximum Gasteiger partial charge on any atom is 0.263 e. The third kappa shape index (κ3) is 2.13. The molecule has 0 radical (unpaired) electrons. The van der Waals surface area contributed by atoms with Gasteiger partial charge in [0.05, 0.1) is 10.4 Å². The molecule has 0 fully saturated rings. The highest BCUT2D eigenvalue weighted by atomic mass is 32.2. The van der Waals surface area contributed by atoms with Crippen LogP contribution < -0.4 is 10.5 Å². The molecule has 1 atom stereocenters. The number of fused-ring (bicyclic) bond motifs is 1. The Morgan fingerprint density at radius 3 is 2.67 bits per heavy atom. The Kier molecular flexibility index (Phi) is 3.16. The van der Waals surface area contributed by atoms with Crippen molar-refractivity contribution in [3.05, 3.63) is 29.8 Å². The lowest BCUT2D eigenvalue weighted by atomic mass is 10.00. The van der Waals surface area contributed by atoms with E-state index in [2.05, 4.69) is 9.71 Å². The van der Waals surface area contributed by atoms with Gasteiger partial charge >= 0.3 is 0 Å². The number of rotatable bonds is 3. The molecule has 0 saturated heterocycles. The van der Waals surface area contributed by atoms with Crippen LogP contribution in [0.15, 0.2) is 34.2 Å². The molecule has 1 aliphatic rings. The van der Waals surface area contributed by atoms with Crippen LogP contribution in [-0.4, -0.2) is 26.3 Å². The van der Waals surface area contributed by atoms with Gasteiger partial charge in [-0.3, -0.25) is 9.71 Å². The topological polar surface area (TPSA) is 84.5 Å². The summed E-state index contributed by atoms with van der Waals surface area (Å²) >= 11 is 0. The standard InChI is InChI=1S/C12H17N3O2S/c1-3-12(2,8-13)14-11-9-6-4-5-7-10(9)18(16,17)15-11/h4-7H,3,8,13H2,1-2H3,(H,14,15). The first-order chi connectivity index (χ1) is 8.42. The summed E-state index contributed by atoms with van der Waals surface area (Å²) in [5.74, 6) is 0.389. The summed E-state index contributed by atoms with van der Waals surface area (Å²) in [6.07, 6.45) is 0.747. The average molecular weight is 267 g/mol. The van der Waals surface area contributed by atoms with Crippen molar-refractivity contribution < 1.29 is 8.42 Å². The molecule has 0 saturated carbocycles. The highest BCUT2D eigenvalue weighted by Gasteiger charge is 2.32. The van der Waals surface area contributed by atoms with Crippen LogP contribution in [0, 0.1) is 0 Å². The van der Waals surface area contributed by atoms with Gasteiger partial charge in [0.15, 0.2) is 0 Å². The van der Waals surface area contributed by atoms with Crippen molar-refractivity contribution in [3.8, 4) is 0 Å². The molecule has 0 spiro atoms. The molecule has 0 aromatic heterocycles. The zero-order valence-electron chi connectivity index (χ0n) is 10.5. The molecule has 1 aliphatic heterocycles. The van der Waals surface area contributed by atoms with Crippen LogP contribution in [0.4, 0.5) is 0 Å². The smallest absolute Gasteiger partial charge is 0.263 e. The lowest BCUT2D eigenvalue weighted by Gasteiger charge is -2.21. The zero-order valence-corrected chi connectivity index (χ0v) is 11.3. The Bertz CT molecular complexity index is 589. The van der Waals surface area contributed by atoms with E-state index in [0.717, 1.165) is 6.42 Å². The maximum atomic E-state index is 11.9. The van der Waals surface area contributed by atoms with E-state index in [9.17, 15) is 8.42 Å². The van der Waals surface area contributed by atoms with Crippen molar-refractivity contribution in [2.75, 3.05) is 6.54 Å². The van der Waals surface area contributed by atoms with Crippen LogP contribution in [0.1, 0.15) is 25.8 Å². The van der Waals surface area contributed by atoms with E-state index >= 15 is 0 Å². The molecule has 1 unspecified atom stereocenters. The quantitative estimate of drug-likeness (QED) is 0.851. The number of hydrogen-bond donors (Lipinski definition) is 2. The summed E-state index contributed by atoms with van der Waals surface area (Å²) in [5, 5.41) is 0. The number of benzene rings is 1. The summed E-state index contributed by atoms with van der Waals surface area (Å²) in [4.78, 5) is 4.76. The summed E-state index contributed by atoms with van der Waals surface area (Å²) in [6.45, 7) is 4.26. The monoisotopic (exact) mass is 267 g/mol. The van der Waals surface area contributed by atoms with E-state index < -0.39 is 15.6 Å². The van der Waals surface area contributed by atoms with Crippen LogP contribution in [0.25, 0.3) is 0 Å². The van der Waals surface area contributed by atoms with Crippen molar-refractivity contribution in [1.29, 1.82) is 0 Å². The van der Waals surface area contributed by atoms with E-state index in [4.69, 9.17) is 5.73 Å². The summed E-state index contributed by atoms with van der Waals surface area (Å²) in [6, 6.07) is 6.82. The lowest BCUT2D eigenvalue weighted by molar-refractivity contribution is 0.467. The minimum Gasteiger partial charge on any atom is -0.328 e. The largest absolute Gasteiger partial charge is 0.328 e. The Morgan fingerprint density at radius 2 is 2.06 bits per heavy atom. The van der Waals surface area contributed by atoms with Crippen LogP contribution in [0.5, 0.6) is 0 Å². The number of aliphatic imine (C=N–C) groups is 1. The highest BCUT2D eigenvalue weighted by molar-refractivity contribution is 7.90. The lowest BCUT2D eigenvalue weighted by Crippen LogP contribution is -2.35. The second-order valence-electron chi connectivity index (χ2n) is 4.62. The normalized spacial score (nSPS) is 22.3. The van der Waals surface area contributed by atoms with Crippen molar-refractivity contribution >= 4 is 15.9 Å². The van der Waals surface area contributed by atoms with Crippen molar-refractivity contribution in [2.45, 2.75) is 30.7 Å². The predicted molar refractivity (Wildman–Crippen MR) is 71.1 cm³/mol. The highest BCUT2D eigenvalue weighted by Crippen LogP contribution is 2.24. The Balaban J connectivity index is 2.55. The number of sulfonamides is 1. The average Bonchev–Trinajstić information content (AvgIpc) is 2.61. The fourth-order valence-electron chi connectivity index (χ4n) is 1.76. The van der Waals surface area contributed by atoms with Crippen molar-refractivity contribution in [1.82, 2.24) is 4.72 Å². The van der Waals surface area contributed by atoms with Gasteiger partial charge in [-0.15, -0.1) is 0 Å². The SMILES string of the molecule is CCC(C)(CN)N=C1NS(=O)(=O)c2ccccc21. The van der Waals surface area contributed by atoms with Gasteiger partial charge in [-0.1, -0.05) is 19.1 Å². The molecule has 1 heterocycles. The van der Waals surface area contributed by atoms with Crippen LogP contribution >= 0.6 is 0 Å².